The van der Waals surface area contributed by atoms with E-state index in [1.54, 1.807) is 25.1 Å². The molecule has 3 N–H and O–H groups in total. The largest absolute Gasteiger partial charge is 0.325 e. The van der Waals surface area contributed by atoms with Gasteiger partial charge in [0, 0.05) is 18.2 Å². The monoisotopic (exact) mass is 427 g/mol. The second-order valence-corrected chi connectivity index (χ2v) is 7.29. The predicted molar refractivity (Wildman–Crippen MR) is 113 cm³/mol. The molecule has 0 saturated carbocycles. The lowest BCUT2D eigenvalue weighted by molar-refractivity contribution is -0.114. The van der Waals surface area contributed by atoms with Crippen molar-refractivity contribution in [3.8, 4) is 11.3 Å². The van der Waals surface area contributed by atoms with Crippen LogP contribution in [0.5, 0.6) is 0 Å². The molecule has 0 atom stereocenters. The van der Waals surface area contributed by atoms with Gasteiger partial charge >= 0.3 is 0 Å². The zero-order valence-electron chi connectivity index (χ0n) is 16.2. The number of halogens is 1. The smallest absolute Gasteiger partial charge is 0.278 e. The van der Waals surface area contributed by atoms with Crippen molar-refractivity contribution in [2.75, 3.05) is 16.4 Å². The quantitative estimate of drug-likeness (QED) is 0.521. The summed E-state index contributed by atoms with van der Waals surface area (Å²) >= 11 is 1.00. The van der Waals surface area contributed by atoms with Crippen LogP contribution in [0, 0.1) is 12.7 Å². The van der Waals surface area contributed by atoms with Gasteiger partial charge in [-0.15, -0.1) is 10.2 Å². The van der Waals surface area contributed by atoms with E-state index in [0.717, 1.165) is 17.3 Å². The molecular weight excluding hydrogens is 409 g/mol. The Morgan fingerprint density at radius 3 is 2.50 bits per heavy atom. The fourth-order valence-electron chi connectivity index (χ4n) is 2.63. The molecule has 30 heavy (non-hydrogen) atoms. The SMILES string of the molecule is CC(=O)Nc1c(C)cccc1-c1nnc(SCC(=O)Nc2ccc(F)cc2)[nH]c1=O. The molecule has 0 spiro atoms. The van der Waals surface area contributed by atoms with Crippen molar-refractivity contribution in [3.63, 3.8) is 0 Å². The molecule has 3 rings (SSSR count). The summed E-state index contributed by atoms with van der Waals surface area (Å²) in [5.41, 5.74) is 1.74. The Bertz CT molecular complexity index is 1150. The topological polar surface area (TPSA) is 117 Å². The molecule has 0 bridgehead atoms. The molecule has 1 heterocycles. The van der Waals surface area contributed by atoms with Crippen LogP contribution in [-0.4, -0.2) is 32.7 Å². The summed E-state index contributed by atoms with van der Waals surface area (Å²) in [6.07, 6.45) is 0. The van der Waals surface area contributed by atoms with E-state index in [1.165, 1.54) is 31.2 Å². The molecule has 0 aliphatic carbocycles. The first kappa shape index (κ1) is 21.2. The molecule has 0 aliphatic rings. The minimum Gasteiger partial charge on any atom is -0.325 e. The lowest BCUT2D eigenvalue weighted by atomic mass is 10.1. The van der Waals surface area contributed by atoms with Gasteiger partial charge in [0.15, 0.2) is 10.9 Å². The molecule has 0 aliphatic heterocycles. The molecule has 2 amide bonds. The highest BCUT2D eigenvalue weighted by molar-refractivity contribution is 7.99. The second-order valence-electron chi connectivity index (χ2n) is 6.33. The Hall–Kier alpha value is -3.53. The molecule has 0 saturated heterocycles. The number of hydrogen-bond acceptors (Lipinski definition) is 6. The van der Waals surface area contributed by atoms with Crippen LogP contribution in [0.15, 0.2) is 52.4 Å². The summed E-state index contributed by atoms with van der Waals surface area (Å²) in [7, 11) is 0. The standard InChI is InChI=1S/C20H18FN5O3S/c1-11-4-3-5-15(17(11)22-12(2)27)18-19(29)24-20(26-25-18)30-10-16(28)23-14-8-6-13(21)7-9-14/h3-9H,10H2,1-2H3,(H,22,27)(H,23,28)(H,24,26,29). The molecule has 154 valence electrons. The fourth-order valence-corrected chi connectivity index (χ4v) is 3.24. The number of hydrogen-bond donors (Lipinski definition) is 3. The number of aromatic amines is 1. The van der Waals surface area contributed by atoms with Crippen LogP contribution in [0.25, 0.3) is 11.3 Å². The molecule has 0 fully saturated rings. The number of aromatic nitrogens is 3. The van der Waals surface area contributed by atoms with Gasteiger partial charge < -0.3 is 10.6 Å². The fraction of sp³-hybridized carbons (Fsp3) is 0.150. The average Bonchev–Trinajstić information content (AvgIpc) is 2.70. The van der Waals surface area contributed by atoms with Crippen molar-refractivity contribution in [1.29, 1.82) is 0 Å². The van der Waals surface area contributed by atoms with Gasteiger partial charge in [0.2, 0.25) is 11.8 Å². The van der Waals surface area contributed by atoms with Crippen molar-refractivity contribution >= 4 is 35.0 Å². The van der Waals surface area contributed by atoms with Gasteiger partial charge in [0.1, 0.15) is 5.82 Å². The number of nitrogens with zero attached hydrogens (tertiary/aromatic N) is 2. The van der Waals surface area contributed by atoms with E-state index in [9.17, 15) is 18.8 Å². The number of para-hydroxylation sites is 1. The first-order valence-electron chi connectivity index (χ1n) is 8.86. The van der Waals surface area contributed by atoms with Crippen molar-refractivity contribution in [2.24, 2.45) is 0 Å². The minimum absolute atomic E-state index is 0.0249. The van der Waals surface area contributed by atoms with E-state index in [2.05, 4.69) is 25.8 Å². The van der Waals surface area contributed by atoms with E-state index in [4.69, 9.17) is 0 Å². The highest BCUT2D eigenvalue weighted by atomic mass is 32.2. The van der Waals surface area contributed by atoms with E-state index in [0.29, 0.717) is 16.9 Å². The summed E-state index contributed by atoms with van der Waals surface area (Å²) < 4.78 is 12.9. The van der Waals surface area contributed by atoms with Gasteiger partial charge in [0.05, 0.1) is 11.4 Å². The van der Waals surface area contributed by atoms with Gasteiger partial charge in [0.25, 0.3) is 5.56 Å². The van der Waals surface area contributed by atoms with Crippen LogP contribution < -0.4 is 16.2 Å². The van der Waals surface area contributed by atoms with Gasteiger partial charge in [-0.25, -0.2) is 4.39 Å². The molecule has 0 unspecified atom stereocenters. The van der Waals surface area contributed by atoms with Gasteiger partial charge in [-0.1, -0.05) is 30.0 Å². The van der Waals surface area contributed by atoms with Crippen LogP contribution >= 0.6 is 11.8 Å². The number of H-pyrrole nitrogens is 1. The molecule has 2 aromatic carbocycles. The lowest BCUT2D eigenvalue weighted by Crippen LogP contribution is -2.18. The zero-order valence-corrected chi connectivity index (χ0v) is 17.0. The second kappa shape index (κ2) is 9.31. The zero-order chi connectivity index (χ0) is 21.7. The maximum absolute atomic E-state index is 12.9. The van der Waals surface area contributed by atoms with Gasteiger partial charge in [-0.05, 0) is 36.8 Å². The highest BCUT2D eigenvalue weighted by Crippen LogP contribution is 2.27. The molecule has 1 aromatic heterocycles. The number of aryl methyl sites for hydroxylation is 1. The molecule has 8 nitrogen and oxygen atoms in total. The van der Waals surface area contributed by atoms with Crippen LogP contribution in [0.3, 0.4) is 0 Å². The number of thioether (sulfide) groups is 1. The first-order valence-corrected chi connectivity index (χ1v) is 9.85. The summed E-state index contributed by atoms with van der Waals surface area (Å²) in [4.78, 5) is 38.6. The maximum Gasteiger partial charge on any atom is 0.278 e. The van der Waals surface area contributed by atoms with E-state index in [1.807, 2.05) is 0 Å². The van der Waals surface area contributed by atoms with Crippen molar-refractivity contribution < 1.29 is 14.0 Å². The number of benzene rings is 2. The Balaban J connectivity index is 1.72. The van der Waals surface area contributed by atoms with Crippen LogP contribution in [-0.2, 0) is 9.59 Å². The Morgan fingerprint density at radius 1 is 1.10 bits per heavy atom. The summed E-state index contributed by atoms with van der Waals surface area (Å²) in [5.74, 6) is -1.03. The van der Waals surface area contributed by atoms with E-state index >= 15 is 0 Å². The third-order valence-electron chi connectivity index (χ3n) is 3.97. The molecular formula is C20H18FN5O3S. The van der Waals surface area contributed by atoms with Crippen molar-refractivity contribution in [1.82, 2.24) is 15.2 Å². The van der Waals surface area contributed by atoms with Crippen LogP contribution in [0.2, 0.25) is 0 Å². The highest BCUT2D eigenvalue weighted by Gasteiger charge is 2.15. The average molecular weight is 427 g/mol. The summed E-state index contributed by atoms with van der Waals surface area (Å²) in [6.45, 7) is 3.18. The number of carbonyl (C=O) groups excluding carboxylic acids is 2. The third kappa shape index (κ3) is 5.29. The van der Waals surface area contributed by atoms with Gasteiger partial charge in [-0.2, -0.15) is 0 Å². The number of anilines is 2. The number of carbonyl (C=O) groups is 2. The van der Waals surface area contributed by atoms with Gasteiger partial charge in [-0.3, -0.25) is 19.4 Å². The normalized spacial score (nSPS) is 10.5. The lowest BCUT2D eigenvalue weighted by Gasteiger charge is -2.11. The van der Waals surface area contributed by atoms with E-state index < -0.39 is 11.4 Å². The van der Waals surface area contributed by atoms with Crippen LogP contribution in [0.1, 0.15) is 12.5 Å². The number of rotatable bonds is 6. The summed E-state index contributed by atoms with van der Waals surface area (Å²) in [5, 5.41) is 13.5. The van der Waals surface area contributed by atoms with Crippen molar-refractivity contribution in [2.45, 2.75) is 19.0 Å². The Labute approximate surface area is 175 Å². The Morgan fingerprint density at radius 2 is 1.83 bits per heavy atom. The predicted octanol–water partition coefficient (Wildman–Crippen LogP) is 2.97. The first-order chi connectivity index (χ1) is 14.3. The third-order valence-corrected chi connectivity index (χ3v) is 4.84. The summed E-state index contributed by atoms with van der Waals surface area (Å²) in [6, 6.07) is 10.6. The number of amides is 2. The maximum atomic E-state index is 12.9. The molecule has 3 aromatic rings. The van der Waals surface area contributed by atoms with E-state index in [-0.39, 0.29) is 28.4 Å². The Kier molecular flexibility index (Phi) is 6.58. The van der Waals surface area contributed by atoms with Crippen molar-refractivity contribution in [3.05, 3.63) is 64.2 Å². The number of nitrogens with one attached hydrogen (secondary N) is 3. The molecule has 10 heteroatoms. The molecule has 0 radical (unpaired) electrons. The minimum atomic E-state index is -0.497. The van der Waals surface area contributed by atoms with Crippen LogP contribution in [0.4, 0.5) is 15.8 Å².